The van der Waals surface area contributed by atoms with Crippen molar-refractivity contribution in [3.8, 4) is 0 Å². The van der Waals surface area contributed by atoms with Crippen LogP contribution in [0.4, 0.5) is 5.69 Å². The Balaban J connectivity index is 1.31. The van der Waals surface area contributed by atoms with Crippen molar-refractivity contribution in [3.05, 3.63) is 58.1 Å². The van der Waals surface area contributed by atoms with Crippen molar-refractivity contribution in [3.63, 3.8) is 0 Å². The molecular formula is C23H27Cl2N3O6S2. The van der Waals surface area contributed by atoms with Crippen LogP contribution >= 0.6 is 23.2 Å². The summed E-state index contributed by atoms with van der Waals surface area (Å²) < 4.78 is 59.2. The van der Waals surface area contributed by atoms with Gasteiger partial charge >= 0.3 is 0 Å². The molecule has 0 atom stereocenters. The Morgan fingerprint density at radius 2 is 1.56 bits per heavy atom. The van der Waals surface area contributed by atoms with Gasteiger partial charge in [0.05, 0.1) is 23.9 Å². The molecule has 9 nitrogen and oxygen atoms in total. The third kappa shape index (κ3) is 6.39. The summed E-state index contributed by atoms with van der Waals surface area (Å²) in [6, 6.07) is 10.8. The molecule has 4 rings (SSSR count). The van der Waals surface area contributed by atoms with Crippen LogP contribution in [0.3, 0.4) is 0 Å². The number of amides is 1. The number of sulfonamides is 2. The second-order valence-corrected chi connectivity index (χ2v) is 13.4. The summed E-state index contributed by atoms with van der Waals surface area (Å²) >= 11 is 12.0. The zero-order valence-electron chi connectivity index (χ0n) is 19.4. The maximum absolute atomic E-state index is 12.9. The summed E-state index contributed by atoms with van der Waals surface area (Å²) in [7, 11) is -7.21. The quantitative estimate of drug-likeness (QED) is 0.542. The number of benzene rings is 2. The predicted molar refractivity (Wildman–Crippen MR) is 138 cm³/mol. The zero-order chi connectivity index (χ0) is 25.9. The number of morpholine rings is 1. The van der Waals surface area contributed by atoms with Crippen LogP contribution in [0, 0.1) is 5.92 Å². The van der Waals surface area contributed by atoms with Gasteiger partial charge in [0.15, 0.2) is 0 Å². The fourth-order valence-corrected chi connectivity index (χ4v) is 7.77. The van der Waals surface area contributed by atoms with E-state index in [1.54, 1.807) is 24.3 Å². The van der Waals surface area contributed by atoms with Crippen molar-refractivity contribution < 1.29 is 26.4 Å². The molecule has 1 N–H and O–H groups in total. The largest absolute Gasteiger partial charge is 0.379 e. The number of ether oxygens (including phenoxy) is 1. The van der Waals surface area contributed by atoms with Gasteiger partial charge in [-0.2, -0.15) is 4.31 Å². The van der Waals surface area contributed by atoms with Crippen molar-refractivity contribution in [2.24, 2.45) is 5.92 Å². The minimum absolute atomic E-state index is 0.154. The third-order valence-corrected chi connectivity index (χ3v) is 10.6. The molecule has 0 unspecified atom stereocenters. The van der Waals surface area contributed by atoms with Gasteiger partial charge in [0.25, 0.3) is 0 Å². The van der Waals surface area contributed by atoms with E-state index in [9.17, 15) is 21.6 Å². The highest BCUT2D eigenvalue weighted by Crippen LogP contribution is 2.27. The highest BCUT2D eigenvalue weighted by molar-refractivity contribution is 7.89. The molecule has 0 bridgehead atoms. The van der Waals surface area contributed by atoms with Gasteiger partial charge < -0.3 is 10.1 Å². The first-order chi connectivity index (χ1) is 17.1. The Labute approximate surface area is 221 Å². The fourth-order valence-electron chi connectivity index (χ4n) is 4.21. The minimum atomic E-state index is -3.61. The standard InChI is InChI=1S/C23H27Cl2N3O6S2/c24-19-2-1-18(22(25)15-19)16-35(30,31)27-9-7-17(8-10-27)23(29)26-20-3-5-21(6-4-20)36(32,33)28-11-13-34-14-12-28/h1-6,15,17H,7-14,16H2,(H,26,29). The molecule has 2 aromatic carbocycles. The Bertz CT molecular complexity index is 1310. The summed E-state index contributed by atoms with van der Waals surface area (Å²) in [5, 5.41) is 3.54. The number of halogens is 2. The van der Waals surface area contributed by atoms with Crippen molar-refractivity contribution in [1.82, 2.24) is 8.61 Å². The van der Waals surface area contributed by atoms with E-state index in [1.807, 2.05) is 0 Å². The lowest BCUT2D eigenvalue weighted by atomic mass is 9.97. The third-order valence-electron chi connectivity index (χ3n) is 6.30. The Hall–Kier alpha value is -1.73. The average Bonchev–Trinajstić information content (AvgIpc) is 2.86. The van der Waals surface area contributed by atoms with E-state index in [1.165, 1.54) is 26.8 Å². The highest BCUT2D eigenvalue weighted by Gasteiger charge is 2.32. The number of carbonyl (C=O) groups is 1. The van der Waals surface area contributed by atoms with Gasteiger partial charge in [0.2, 0.25) is 26.0 Å². The van der Waals surface area contributed by atoms with Gasteiger partial charge in [-0.1, -0.05) is 29.3 Å². The lowest BCUT2D eigenvalue weighted by molar-refractivity contribution is -0.120. The molecule has 2 aromatic rings. The van der Waals surface area contributed by atoms with Crippen molar-refractivity contribution in [2.45, 2.75) is 23.5 Å². The first-order valence-corrected chi connectivity index (χ1v) is 15.3. The number of hydrogen-bond donors (Lipinski definition) is 1. The van der Waals surface area contributed by atoms with Crippen LogP contribution in [0.25, 0.3) is 0 Å². The van der Waals surface area contributed by atoms with Crippen LogP contribution in [0.15, 0.2) is 47.4 Å². The normalized spacial score (nSPS) is 18.7. The SMILES string of the molecule is O=C(Nc1ccc(S(=O)(=O)N2CCOCC2)cc1)C1CCN(S(=O)(=O)Cc2ccc(Cl)cc2Cl)CC1. The molecule has 0 spiro atoms. The van der Waals surface area contributed by atoms with Crippen molar-refractivity contribution in [1.29, 1.82) is 0 Å². The smallest absolute Gasteiger partial charge is 0.243 e. The molecule has 0 saturated carbocycles. The lowest BCUT2D eigenvalue weighted by Crippen LogP contribution is -2.42. The van der Waals surface area contributed by atoms with Gasteiger partial charge in [0.1, 0.15) is 0 Å². The lowest BCUT2D eigenvalue weighted by Gasteiger charge is -2.30. The summed E-state index contributed by atoms with van der Waals surface area (Å²) in [6.45, 7) is 1.79. The second-order valence-electron chi connectivity index (χ2n) is 8.70. The molecule has 2 aliphatic heterocycles. The molecule has 196 valence electrons. The first kappa shape index (κ1) is 27.3. The Kier molecular flexibility index (Phi) is 8.60. The van der Waals surface area contributed by atoms with E-state index in [-0.39, 0.29) is 35.6 Å². The van der Waals surface area contributed by atoms with Crippen LogP contribution in [-0.2, 0) is 35.3 Å². The van der Waals surface area contributed by atoms with Gasteiger partial charge in [-0.15, -0.1) is 0 Å². The second kappa shape index (κ2) is 11.3. The van der Waals surface area contributed by atoms with Crippen molar-refractivity contribution >= 4 is 54.8 Å². The van der Waals surface area contributed by atoms with Crippen molar-refractivity contribution in [2.75, 3.05) is 44.7 Å². The molecule has 0 aliphatic carbocycles. The summed E-state index contributed by atoms with van der Waals surface area (Å²) in [5.74, 6) is -0.816. The molecule has 13 heteroatoms. The minimum Gasteiger partial charge on any atom is -0.379 e. The molecule has 0 aromatic heterocycles. The molecule has 0 radical (unpaired) electrons. The van der Waals surface area contributed by atoms with E-state index in [4.69, 9.17) is 27.9 Å². The van der Waals surface area contributed by atoms with Crippen LogP contribution in [0.5, 0.6) is 0 Å². The number of rotatable bonds is 7. The van der Waals surface area contributed by atoms with Crippen LogP contribution in [0.2, 0.25) is 10.0 Å². The monoisotopic (exact) mass is 575 g/mol. The molecule has 2 saturated heterocycles. The molecule has 36 heavy (non-hydrogen) atoms. The summed E-state index contributed by atoms with van der Waals surface area (Å²) in [4.78, 5) is 12.9. The molecule has 2 heterocycles. The molecule has 2 fully saturated rings. The van der Waals surface area contributed by atoms with E-state index in [0.29, 0.717) is 60.4 Å². The van der Waals surface area contributed by atoms with E-state index >= 15 is 0 Å². The summed E-state index contributed by atoms with van der Waals surface area (Å²) in [5.41, 5.74) is 0.952. The van der Waals surface area contributed by atoms with E-state index in [2.05, 4.69) is 5.32 Å². The highest BCUT2D eigenvalue weighted by atomic mass is 35.5. The number of carbonyl (C=O) groups excluding carboxylic acids is 1. The average molecular weight is 577 g/mol. The van der Waals surface area contributed by atoms with Gasteiger partial charge in [-0.3, -0.25) is 4.79 Å². The number of anilines is 1. The molecule has 1 amide bonds. The van der Waals surface area contributed by atoms with Crippen LogP contribution in [0.1, 0.15) is 18.4 Å². The number of hydrogen-bond acceptors (Lipinski definition) is 6. The van der Waals surface area contributed by atoms with Gasteiger partial charge in [0, 0.05) is 47.8 Å². The number of piperidine rings is 1. The Morgan fingerprint density at radius 1 is 0.917 bits per heavy atom. The maximum Gasteiger partial charge on any atom is 0.243 e. The summed E-state index contributed by atoms with van der Waals surface area (Å²) in [6.07, 6.45) is 0.756. The first-order valence-electron chi connectivity index (χ1n) is 11.5. The zero-order valence-corrected chi connectivity index (χ0v) is 22.5. The molecule has 2 aliphatic rings. The van der Waals surface area contributed by atoms with Crippen LogP contribution < -0.4 is 5.32 Å². The Morgan fingerprint density at radius 3 is 2.17 bits per heavy atom. The van der Waals surface area contributed by atoms with Crippen LogP contribution in [-0.4, -0.2) is 70.7 Å². The maximum atomic E-state index is 12.9. The van der Waals surface area contributed by atoms with E-state index in [0.717, 1.165) is 0 Å². The van der Waals surface area contributed by atoms with E-state index < -0.39 is 20.0 Å². The van der Waals surface area contributed by atoms with Gasteiger partial charge in [-0.05, 0) is 54.8 Å². The van der Waals surface area contributed by atoms with Gasteiger partial charge in [-0.25, -0.2) is 21.1 Å². The molecular weight excluding hydrogens is 549 g/mol. The number of nitrogens with zero attached hydrogens (tertiary/aromatic N) is 2. The fraction of sp³-hybridized carbons (Fsp3) is 0.435. The predicted octanol–water partition coefficient (Wildman–Crippen LogP) is 3.19. The topological polar surface area (TPSA) is 113 Å². The number of nitrogens with one attached hydrogen (secondary N) is 1.